The molecule has 3 aromatic carbocycles. The van der Waals surface area contributed by atoms with Crippen molar-refractivity contribution in [2.45, 2.75) is 13.0 Å². The molecular weight excluding hydrogens is 452 g/mol. The maximum absolute atomic E-state index is 13.1. The molecule has 1 N–H and O–H groups in total. The number of barbiturate groups is 1. The zero-order chi connectivity index (χ0) is 24.1. The van der Waals surface area contributed by atoms with Gasteiger partial charge in [0.05, 0.1) is 5.69 Å². The monoisotopic (exact) mass is 472 g/mol. The number of hydrogen-bond acceptors (Lipinski definition) is 4. The van der Waals surface area contributed by atoms with Crippen molar-refractivity contribution in [1.29, 1.82) is 0 Å². The first-order chi connectivity index (χ1) is 16.5. The normalized spacial score (nSPS) is 14.8. The van der Waals surface area contributed by atoms with Gasteiger partial charge in [0.25, 0.3) is 11.8 Å². The lowest BCUT2D eigenvalue weighted by Gasteiger charge is -2.26. The van der Waals surface area contributed by atoms with E-state index in [1.165, 1.54) is 18.2 Å². The number of ether oxygens (including phenoxy) is 1. The van der Waals surface area contributed by atoms with Crippen LogP contribution in [-0.2, 0) is 22.6 Å². The molecule has 0 atom stereocenters. The van der Waals surface area contributed by atoms with Crippen molar-refractivity contribution in [3.8, 4) is 5.75 Å². The van der Waals surface area contributed by atoms with Crippen molar-refractivity contribution in [3.63, 3.8) is 0 Å². The predicted molar refractivity (Wildman–Crippen MR) is 132 cm³/mol. The molecule has 0 aliphatic carbocycles. The minimum atomic E-state index is -0.813. The quantitative estimate of drug-likeness (QED) is 0.287. The van der Waals surface area contributed by atoms with Crippen LogP contribution in [0.25, 0.3) is 6.08 Å². The van der Waals surface area contributed by atoms with E-state index in [1.54, 1.807) is 30.3 Å². The zero-order valence-corrected chi connectivity index (χ0v) is 18.9. The fraction of sp³-hybridized carbons (Fsp3) is 0.0741. The van der Waals surface area contributed by atoms with Crippen LogP contribution in [0.15, 0.2) is 91.0 Å². The number of urea groups is 1. The molecule has 7 heteroatoms. The molecule has 34 heavy (non-hydrogen) atoms. The molecule has 0 aromatic heterocycles. The Hall–Kier alpha value is -4.16. The maximum Gasteiger partial charge on any atom is 0.335 e. The van der Waals surface area contributed by atoms with Crippen molar-refractivity contribution in [3.05, 3.63) is 113 Å². The summed E-state index contributed by atoms with van der Waals surface area (Å²) in [5.41, 5.74) is 2.66. The molecule has 6 nitrogen and oxygen atoms in total. The number of carbonyl (C=O) groups excluding carboxylic acids is 3. The fourth-order valence-electron chi connectivity index (χ4n) is 3.53. The molecule has 0 bridgehead atoms. The molecule has 170 valence electrons. The van der Waals surface area contributed by atoms with Crippen LogP contribution in [0, 0.1) is 0 Å². The Bertz CT molecular complexity index is 1280. The number of allylic oxidation sites excluding steroid dienone is 1. The number of anilines is 1. The van der Waals surface area contributed by atoms with Gasteiger partial charge in [0.2, 0.25) is 0 Å². The van der Waals surface area contributed by atoms with Gasteiger partial charge in [-0.05, 0) is 65.6 Å². The Balaban J connectivity index is 1.62. The number of rotatable bonds is 7. The highest BCUT2D eigenvalue weighted by atomic mass is 35.5. The minimum Gasteiger partial charge on any atom is -0.489 e. The van der Waals surface area contributed by atoms with Crippen LogP contribution < -0.4 is 15.0 Å². The summed E-state index contributed by atoms with van der Waals surface area (Å²) in [6.45, 7) is 4.21. The predicted octanol–water partition coefficient (Wildman–Crippen LogP) is 5.31. The number of benzene rings is 3. The van der Waals surface area contributed by atoms with E-state index in [1.807, 2.05) is 36.4 Å². The summed E-state index contributed by atoms with van der Waals surface area (Å²) in [5, 5.41) is 2.68. The molecule has 0 spiro atoms. The van der Waals surface area contributed by atoms with Gasteiger partial charge in [-0.15, -0.1) is 6.58 Å². The Morgan fingerprint density at radius 2 is 1.71 bits per heavy atom. The Morgan fingerprint density at radius 3 is 2.41 bits per heavy atom. The van der Waals surface area contributed by atoms with Gasteiger partial charge in [-0.3, -0.25) is 14.9 Å². The Morgan fingerprint density at radius 1 is 0.971 bits per heavy atom. The number of carbonyl (C=O) groups is 3. The van der Waals surface area contributed by atoms with Crippen LogP contribution in [0.4, 0.5) is 10.5 Å². The number of nitrogens with one attached hydrogen (secondary N) is 1. The maximum atomic E-state index is 13.1. The number of amides is 4. The third-order valence-electron chi connectivity index (χ3n) is 5.18. The average Bonchev–Trinajstić information content (AvgIpc) is 2.83. The van der Waals surface area contributed by atoms with Gasteiger partial charge < -0.3 is 4.74 Å². The second kappa shape index (κ2) is 10.2. The zero-order valence-electron chi connectivity index (χ0n) is 18.2. The summed E-state index contributed by atoms with van der Waals surface area (Å²) in [6.07, 6.45) is 3.75. The van der Waals surface area contributed by atoms with E-state index < -0.39 is 17.8 Å². The summed E-state index contributed by atoms with van der Waals surface area (Å²) in [5.74, 6) is -0.788. The summed E-state index contributed by atoms with van der Waals surface area (Å²) in [4.78, 5) is 38.8. The number of hydrogen-bond donors (Lipinski definition) is 1. The van der Waals surface area contributed by atoms with E-state index in [0.717, 1.165) is 16.0 Å². The Labute approximate surface area is 202 Å². The standard InChI is InChI=1S/C27H21ClN2O4/c1-2-6-20-15-19(9-14-24(20)34-17-18-7-4-3-5-8-18)16-23-25(31)29-27(33)30(26(23)32)22-12-10-21(28)11-13-22/h2-5,7-16H,1,6,17H2,(H,29,31,33)/b23-16+. The lowest BCUT2D eigenvalue weighted by atomic mass is 10.0. The first-order valence-corrected chi connectivity index (χ1v) is 10.9. The molecule has 1 aliphatic heterocycles. The van der Waals surface area contributed by atoms with E-state index in [4.69, 9.17) is 16.3 Å². The van der Waals surface area contributed by atoms with Crippen LogP contribution in [0.1, 0.15) is 16.7 Å². The fourth-order valence-corrected chi connectivity index (χ4v) is 3.66. The molecule has 3 aromatic rings. The molecule has 1 aliphatic rings. The first-order valence-electron chi connectivity index (χ1n) is 10.5. The molecule has 4 rings (SSSR count). The first kappa shape index (κ1) is 23.0. The van der Waals surface area contributed by atoms with E-state index >= 15 is 0 Å². The largest absolute Gasteiger partial charge is 0.489 e. The van der Waals surface area contributed by atoms with E-state index in [9.17, 15) is 14.4 Å². The number of halogens is 1. The summed E-state index contributed by atoms with van der Waals surface area (Å²) in [7, 11) is 0. The van der Waals surface area contributed by atoms with Gasteiger partial charge in [-0.25, -0.2) is 9.69 Å². The third kappa shape index (κ3) is 5.08. The second-order valence-electron chi connectivity index (χ2n) is 7.57. The highest BCUT2D eigenvalue weighted by Gasteiger charge is 2.36. The minimum absolute atomic E-state index is 0.156. The van der Waals surface area contributed by atoms with Crippen molar-refractivity contribution in [2.24, 2.45) is 0 Å². The molecule has 0 unspecified atom stereocenters. The molecule has 1 fully saturated rings. The van der Waals surface area contributed by atoms with Crippen molar-refractivity contribution < 1.29 is 19.1 Å². The molecule has 0 saturated carbocycles. The molecular formula is C27H21ClN2O4. The lowest BCUT2D eigenvalue weighted by molar-refractivity contribution is -0.122. The number of nitrogens with zero attached hydrogens (tertiary/aromatic N) is 1. The van der Waals surface area contributed by atoms with Crippen molar-refractivity contribution >= 4 is 41.2 Å². The Kier molecular flexibility index (Phi) is 6.90. The molecule has 1 heterocycles. The lowest BCUT2D eigenvalue weighted by Crippen LogP contribution is -2.54. The molecule has 0 radical (unpaired) electrons. The van der Waals surface area contributed by atoms with E-state index in [2.05, 4.69) is 11.9 Å². The SMILES string of the molecule is C=CCc1cc(/C=C2\C(=O)NC(=O)N(c3ccc(Cl)cc3)C2=O)ccc1OCc1ccccc1. The van der Waals surface area contributed by atoms with Gasteiger partial charge in [0.1, 0.15) is 17.9 Å². The average molecular weight is 473 g/mol. The van der Waals surface area contributed by atoms with Crippen LogP contribution in [0.5, 0.6) is 5.75 Å². The van der Waals surface area contributed by atoms with Crippen molar-refractivity contribution in [2.75, 3.05) is 4.90 Å². The third-order valence-corrected chi connectivity index (χ3v) is 5.44. The molecule has 4 amide bonds. The van der Waals surface area contributed by atoms with Crippen LogP contribution in [0.2, 0.25) is 5.02 Å². The van der Waals surface area contributed by atoms with Gasteiger partial charge in [0, 0.05) is 5.02 Å². The van der Waals surface area contributed by atoms with E-state index in [0.29, 0.717) is 35.1 Å². The van der Waals surface area contributed by atoms with Crippen LogP contribution in [-0.4, -0.2) is 17.8 Å². The van der Waals surface area contributed by atoms with Gasteiger partial charge in [0.15, 0.2) is 0 Å². The van der Waals surface area contributed by atoms with Crippen molar-refractivity contribution in [1.82, 2.24) is 5.32 Å². The smallest absolute Gasteiger partial charge is 0.335 e. The van der Waals surface area contributed by atoms with Crippen LogP contribution in [0.3, 0.4) is 0 Å². The van der Waals surface area contributed by atoms with E-state index in [-0.39, 0.29) is 5.57 Å². The van der Waals surface area contributed by atoms with Crippen LogP contribution >= 0.6 is 11.6 Å². The van der Waals surface area contributed by atoms with Gasteiger partial charge in [-0.2, -0.15) is 0 Å². The van der Waals surface area contributed by atoms with Gasteiger partial charge in [-0.1, -0.05) is 54.1 Å². The second-order valence-corrected chi connectivity index (χ2v) is 8.00. The topological polar surface area (TPSA) is 75.7 Å². The summed E-state index contributed by atoms with van der Waals surface area (Å²) >= 11 is 5.91. The molecule has 1 saturated heterocycles. The summed E-state index contributed by atoms with van der Waals surface area (Å²) in [6, 6.07) is 20.6. The summed E-state index contributed by atoms with van der Waals surface area (Å²) < 4.78 is 5.98. The number of imide groups is 2. The highest BCUT2D eigenvalue weighted by Crippen LogP contribution is 2.26. The van der Waals surface area contributed by atoms with Gasteiger partial charge >= 0.3 is 6.03 Å². The highest BCUT2D eigenvalue weighted by molar-refractivity contribution is 6.39.